The molecule has 31 heavy (non-hydrogen) atoms. The number of esters is 1. The van der Waals surface area contributed by atoms with Gasteiger partial charge in [-0.05, 0) is 74.2 Å². The van der Waals surface area contributed by atoms with E-state index in [0.717, 1.165) is 50.8 Å². The van der Waals surface area contributed by atoms with Gasteiger partial charge in [-0.3, -0.25) is 9.59 Å². The summed E-state index contributed by atoms with van der Waals surface area (Å²) < 4.78 is 5.13. The molecule has 0 spiro atoms. The first-order valence-corrected chi connectivity index (χ1v) is 11.2. The van der Waals surface area contributed by atoms with Crippen LogP contribution in [0.1, 0.15) is 48.8 Å². The SMILES string of the molecule is Cl.O=C(COC(=O)CCCC1CNC1)Cc1ccc(CCCCc2ccccc2)cc1. The van der Waals surface area contributed by atoms with E-state index in [0.29, 0.717) is 18.8 Å². The highest BCUT2D eigenvalue weighted by Gasteiger charge is 2.17. The second kappa shape index (κ2) is 14.0. The Hall–Kier alpha value is -2.17. The second-order valence-electron chi connectivity index (χ2n) is 8.30. The van der Waals surface area contributed by atoms with Gasteiger partial charge in [0, 0.05) is 12.8 Å². The molecule has 0 aliphatic carbocycles. The zero-order chi connectivity index (χ0) is 21.0. The fourth-order valence-electron chi connectivity index (χ4n) is 3.73. The zero-order valence-electron chi connectivity index (χ0n) is 18.2. The van der Waals surface area contributed by atoms with Gasteiger partial charge in [0.2, 0.25) is 0 Å². The highest BCUT2D eigenvalue weighted by molar-refractivity contribution is 5.85. The maximum Gasteiger partial charge on any atom is 0.306 e. The molecule has 0 amide bonds. The second-order valence-corrected chi connectivity index (χ2v) is 8.30. The number of ketones is 1. The monoisotopic (exact) mass is 443 g/mol. The van der Waals surface area contributed by atoms with E-state index in [4.69, 9.17) is 4.74 Å². The molecule has 1 fully saturated rings. The molecule has 1 aliphatic heterocycles. The number of hydrogen-bond acceptors (Lipinski definition) is 4. The maximum absolute atomic E-state index is 12.1. The Morgan fingerprint density at radius 3 is 2.06 bits per heavy atom. The van der Waals surface area contributed by atoms with Crippen molar-refractivity contribution in [2.75, 3.05) is 19.7 Å². The first-order chi connectivity index (χ1) is 14.7. The zero-order valence-corrected chi connectivity index (χ0v) is 19.0. The standard InChI is InChI=1S/C26H33NO3.ClH/c28-25(20-30-26(29)12-6-11-24-18-27-19-24)17-23-15-13-22(14-16-23)10-5-4-9-21-7-2-1-3-8-21;/h1-3,7-8,13-16,24,27H,4-6,9-12,17-20H2;1H. The van der Waals surface area contributed by atoms with Crippen LogP contribution in [0.4, 0.5) is 0 Å². The van der Waals surface area contributed by atoms with E-state index in [2.05, 4.69) is 47.8 Å². The van der Waals surface area contributed by atoms with Crippen LogP contribution in [0.2, 0.25) is 0 Å². The first kappa shape index (κ1) is 25.1. The molecule has 1 saturated heterocycles. The Morgan fingerprint density at radius 2 is 1.45 bits per heavy atom. The molecular formula is C26H34ClNO3. The van der Waals surface area contributed by atoms with Crippen LogP contribution < -0.4 is 5.32 Å². The van der Waals surface area contributed by atoms with Gasteiger partial charge in [-0.15, -0.1) is 12.4 Å². The summed E-state index contributed by atoms with van der Waals surface area (Å²) >= 11 is 0. The van der Waals surface area contributed by atoms with Crippen LogP contribution in [0.15, 0.2) is 54.6 Å². The highest BCUT2D eigenvalue weighted by atomic mass is 35.5. The Kier molecular flexibility index (Phi) is 11.3. The topological polar surface area (TPSA) is 55.4 Å². The number of ether oxygens (including phenoxy) is 1. The van der Waals surface area contributed by atoms with E-state index in [-0.39, 0.29) is 30.8 Å². The Bertz CT molecular complexity index is 788. The number of carbonyl (C=O) groups is 2. The minimum atomic E-state index is -0.263. The molecule has 0 bridgehead atoms. The summed E-state index contributed by atoms with van der Waals surface area (Å²) in [6.45, 7) is 1.99. The number of unbranched alkanes of at least 4 members (excludes halogenated alkanes) is 1. The summed E-state index contributed by atoms with van der Waals surface area (Å²) in [5.74, 6) is 0.384. The summed E-state index contributed by atoms with van der Waals surface area (Å²) in [5, 5.41) is 3.22. The van der Waals surface area contributed by atoms with Crippen molar-refractivity contribution in [2.24, 2.45) is 5.92 Å². The molecule has 0 aromatic heterocycles. The van der Waals surface area contributed by atoms with E-state index >= 15 is 0 Å². The van der Waals surface area contributed by atoms with Crippen molar-refractivity contribution >= 4 is 24.2 Å². The van der Waals surface area contributed by atoms with Crippen LogP contribution in [0.25, 0.3) is 0 Å². The van der Waals surface area contributed by atoms with Crippen molar-refractivity contribution in [3.05, 3.63) is 71.3 Å². The predicted molar refractivity (Wildman–Crippen MR) is 127 cm³/mol. The summed E-state index contributed by atoms with van der Waals surface area (Å²) in [5.41, 5.74) is 3.66. The van der Waals surface area contributed by atoms with Crippen molar-refractivity contribution in [2.45, 2.75) is 51.4 Å². The molecule has 0 unspecified atom stereocenters. The molecule has 2 aromatic rings. The number of carbonyl (C=O) groups excluding carboxylic acids is 2. The summed E-state index contributed by atoms with van der Waals surface area (Å²) in [7, 11) is 0. The maximum atomic E-state index is 12.1. The molecule has 1 aliphatic rings. The number of rotatable bonds is 13. The van der Waals surface area contributed by atoms with Gasteiger partial charge in [0.25, 0.3) is 0 Å². The number of benzene rings is 2. The van der Waals surface area contributed by atoms with E-state index in [9.17, 15) is 9.59 Å². The van der Waals surface area contributed by atoms with Crippen molar-refractivity contribution in [1.29, 1.82) is 0 Å². The van der Waals surface area contributed by atoms with Crippen molar-refractivity contribution in [3.63, 3.8) is 0 Å². The quantitative estimate of drug-likeness (QED) is 0.359. The molecule has 5 heteroatoms. The van der Waals surface area contributed by atoms with Gasteiger partial charge in [0.1, 0.15) is 6.61 Å². The van der Waals surface area contributed by atoms with Gasteiger partial charge >= 0.3 is 5.97 Å². The van der Waals surface area contributed by atoms with Crippen LogP contribution >= 0.6 is 12.4 Å². The Balaban J connectivity index is 0.00000341. The molecule has 1 heterocycles. The Morgan fingerprint density at radius 1 is 0.839 bits per heavy atom. The van der Waals surface area contributed by atoms with Crippen LogP contribution in [0.5, 0.6) is 0 Å². The third kappa shape index (κ3) is 9.67. The minimum Gasteiger partial charge on any atom is -0.458 e. The third-order valence-electron chi connectivity index (χ3n) is 5.70. The van der Waals surface area contributed by atoms with Crippen molar-refractivity contribution < 1.29 is 14.3 Å². The van der Waals surface area contributed by atoms with Gasteiger partial charge < -0.3 is 10.1 Å². The third-order valence-corrected chi connectivity index (χ3v) is 5.70. The molecule has 168 valence electrons. The summed E-state index contributed by atoms with van der Waals surface area (Å²) in [6.07, 6.45) is 7.10. The van der Waals surface area contributed by atoms with Gasteiger partial charge in [-0.25, -0.2) is 0 Å². The smallest absolute Gasteiger partial charge is 0.306 e. The largest absolute Gasteiger partial charge is 0.458 e. The first-order valence-electron chi connectivity index (χ1n) is 11.2. The van der Waals surface area contributed by atoms with Crippen LogP contribution in [0.3, 0.4) is 0 Å². The molecule has 1 N–H and O–H groups in total. The highest BCUT2D eigenvalue weighted by Crippen LogP contribution is 2.13. The minimum absolute atomic E-state index is 0. The lowest BCUT2D eigenvalue weighted by atomic mass is 9.97. The summed E-state index contributed by atoms with van der Waals surface area (Å²) in [4.78, 5) is 23.9. The van der Waals surface area contributed by atoms with Gasteiger partial charge in [0.15, 0.2) is 5.78 Å². The van der Waals surface area contributed by atoms with Crippen molar-refractivity contribution in [1.82, 2.24) is 5.32 Å². The normalized spacial score (nSPS) is 13.2. The number of nitrogens with one attached hydrogen (secondary N) is 1. The van der Waals surface area contributed by atoms with E-state index in [1.165, 1.54) is 17.5 Å². The Labute approximate surface area is 192 Å². The van der Waals surface area contributed by atoms with Crippen LogP contribution in [-0.2, 0) is 33.6 Å². The predicted octanol–water partition coefficient (Wildman–Crippen LogP) is 4.72. The number of halogens is 1. The van der Waals surface area contributed by atoms with E-state index < -0.39 is 0 Å². The van der Waals surface area contributed by atoms with Gasteiger partial charge in [-0.2, -0.15) is 0 Å². The fourth-order valence-corrected chi connectivity index (χ4v) is 3.73. The fraction of sp³-hybridized carbons (Fsp3) is 0.462. The molecule has 4 nitrogen and oxygen atoms in total. The van der Waals surface area contributed by atoms with Gasteiger partial charge in [0.05, 0.1) is 0 Å². The van der Waals surface area contributed by atoms with E-state index in [1.807, 2.05) is 12.1 Å². The van der Waals surface area contributed by atoms with Crippen LogP contribution in [0, 0.1) is 5.92 Å². The number of hydrogen-bond donors (Lipinski definition) is 1. The molecule has 0 atom stereocenters. The number of aryl methyl sites for hydroxylation is 2. The molecule has 3 rings (SSSR count). The average Bonchev–Trinajstić information content (AvgIpc) is 2.73. The number of Topliss-reactive ketones (excluding diaryl/α,β-unsaturated/α-hetero) is 1. The lowest BCUT2D eigenvalue weighted by Crippen LogP contribution is -2.41. The average molecular weight is 444 g/mol. The lowest BCUT2D eigenvalue weighted by molar-refractivity contribution is -0.148. The lowest BCUT2D eigenvalue weighted by Gasteiger charge is -2.26. The molecule has 0 radical (unpaired) electrons. The van der Waals surface area contributed by atoms with E-state index in [1.54, 1.807) is 0 Å². The summed E-state index contributed by atoms with van der Waals surface area (Å²) in [6, 6.07) is 18.8. The van der Waals surface area contributed by atoms with Crippen LogP contribution in [-0.4, -0.2) is 31.4 Å². The molecule has 2 aromatic carbocycles. The van der Waals surface area contributed by atoms with Crippen molar-refractivity contribution in [3.8, 4) is 0 Å². The molecular weight excluding hydrogens is 410 g/mol. The molecule has 0 saturated carbocycles. The van der Waals surface area contributed by atoms with Gasteiger partial charge in [-0.1, -0.05) is 54.6 Å².